The van der Waals surface area contributed by atoms with E-state index < -0.39 is 35.7 Å². The maximum absolute atomic E-state index is 14.4. The van der Waals surface area contributed by atoms with Crippen LogP contribution >= 0.6 is 0 Å². The van der Waals surface area contributed by atoms with Crippen LogP contribution in [0.1, 0.15) is 37.1 Å². The molecular weight excluding hydrogens is 330 g/mol. The number of amides is 1. The van der Waals surface area contributed by atoms with Crippen LogP contribution in [0.3, 0.4) is 0 Å². The second kappa shape index (κ2) is 6.78. The lowest BCUT2D eigenvalue weighted by atomic mass is 9.92. The fourth-order valence-corrected chi connectivity index (χ4v) is 2.74. The minimum Gasteiger partial charge on any atom is -0.481 e. The standard InChI is InChI=1S/C16H17F4NO3/c1-9-2-3-11(15(23)24)8-21(9)14(22)13(17)10-4-6-12(7-5-10)16(18,19)20/h4-7,9,11,13H,2-3,8H2,1H3,(H,23,24). The van der Waals surface area contributed by atoms with Crippen LogP contribution in [0, 0.1) is 5.92 Å². The van der Waals surface area contributed by atoms with Crippen LogP contribution in [-0.2, 0) is 15.8 Å². The van der Waals surface area contributed by atoms with Gasteiger partial charge in [-0.05, 0) is 37.5 Å². The second-order valence-electron chi connectivity index (χ2n) is 5.93. The minimum absolute atomic E-state index is 0.101. The average Bonchev–Trinajstić information content (AvgIpc) is 2.53. The largest absolute Gasteiger partial charge is 0.481 e. The van der Waals surface area contributed by atoms with Crippen LogP contribution in [0.15, 0.2) is 24.3 Å². The van der Waals surface area contributed by atoms with Crippen LogP contribution in [0.2, 0.25) is 0 Å². The van der Waals surface area contributed by atoms with Gasteiger partial charge in [-0.3, -0.25) is 9.59 Å². The van der Waals surface area contributed by atoms with Gasteiger partial charge in [-0.15, -0.1) is 0 Å². The summed E-state index contributed by atoms with van der Waals surface area (Å²) in [5.74, 6) is -2.73. The summed E-state index contributed by atoms with van der Waals surface area (Å²) < 4.78 is 52.0. The van der Waals surface area contributed by atoms with Crippen molar-refractivity contribution in [3.8, 4) is 0 Å². The summed E-state index contributed by atoms with van der Waals surface area (Å²) in [5, 5.41) is 9.05. The summed E-state index contributed by atoms with van der Waals surface area (Å²) in [7, 11) is 0. The fourth-order valence-electron chi connectivity index (χ4n) is 2.74. The number of benzene rings is 1. The first-order chi connectivity index (χ1) is 11.1. The number of carboxylic acid groups (broad SMARTS) is 1. The maximum Gasteiger partial charge on any atom is 0.416 e. The molecule has 1 N–H and O–H groups in total. The molecule has 1 aliphatic heterocycles. The van der Waals surface area contributed by atoms with E-state index >= 15 is 0 Å². The molecular formula is C16H17F4NO3. The molecule has 0 spiro atoms. The molecule has 0 aliphatic carbocycles. The van der Waals surface area contributed by atoms with Gasteiger partial charge in [0.15, 0.2) is 0 Å². The van der Waals surface area contributed by atoms with Crippen molar-refractivity contribution in [1.82, 2.24) is 4.90 Å². The van der Waals surface area contributed by atoms with Crippen LogP contribution in [0.5, 0.6) is 0 Å². The topological polar surface area (TPSA) is 57.6 Å². The Morgan fingerprint density at radius 3 is 2.29 bits per heavy atom. The molecule has 0 aromatic heterocycles. The molecule has 1 fully saturated rings. The Kier molecular flexibility index (Phi) is 5.15. The van der Waals surface area contributed by atoms with Gasteiger partial charge in [0.1, 0.15) is 0 Å². The van der Waals surface area contributed by atoms with Crippen LogP contribution in [0.25, 0.3) is 0 Å². The van der Waals surface area contributed by atoms with Crippen molar-refractivity contribution in [1.29, 1.82) is 0 Å². The summed E-state index contributed by atoms with van der Waals surface area (Å²) >= 11 is 0. The summed E-state index contributed by atoms with van der Waals surface area (Å²) in [4.78, 5) is 24.5. The zero-order valence-corrected chi connectivity index (χ0v) is 12.9. The lowest BCUT2D eigenvalue weighted by Crippen LogP contribution is -2.48. The highest BCUT2D eigenvalue weighted by molar-refractivity contribution is 5.83. The van der Waals surface area contributed by atoms with Gasteiger partial charge in [-0.1, -0.05) is 12.1 Å². The molecule has 0 bridgehead atoms. The van der Waals surface area contributed by atoms with Crippen molar-refractivity contribution in [2.45, 2.75) is 38.2 Å². The first-order valence-corrected chi connectivity index (χ1v) is 7.45. The van der Waals surface area contributed by atoms with E-state index in [1.54, 1.807) is 6.92 Å². The number of carbonyl (C=O) groups is 2. The number of hydrogen-bond donors (Lipinski definition) is 1. The molecule has 1 aliphatic rings. The molecule has 1 amide bonds. The van der Waals surface area contributed by atoms with Crippen molar-refractivity contribution in [2.24, 2.45) is 5.92 Å². The van der Waals surface area contributed by atoms with Crippen LogP contribution < -0.4 is 0 Å². The highest BCUT2D eigenvalue weighted by Gasteiger charge is 2.36. The summed E-state index contributed by atoms with van der Waals surface area (Å²) in [5.41, 5.74) is -1.11. The predicted octanol–water partition coefficient (Wildman–Crippen LogP) is 3.43. The molecule has 1 saturated heterocycles. The number of halogens is 4. The normalized spacial score (nSPS) is 23.0. The second-order valence-corrected chi connectivity index (χ2v) is 5.93. The minimum atomic E-state index is -4.54. The number of nitrogens with zero attached hydrogens (tertiary/aromatic N) is 1. The van der Waals surface area contributed by atoms with Gasteiger partial charge in [0.2, 0.25) is 6.17 Å². The highest BCUT2D eigenvalue weighted by atomic mass is 19.4. The smallest absolute Gasteiger partial charge is 0.416 e. The van der Waals surface area contributed by atoms with Crippen molar-refractivity contribution < 1.29 is 32.3 Å². The third kappa shape index (κ3) is 3.85. The van der Waals surface area contributed by atoms with Crippen LogP contribution in [0.4, 0.5) is 17.6 Å². The van der Waals surface area contributed by atoms with Gasteiger partial charge in [0.05, 0.1) is 11.5 Å². The van der Waals surface area contributed by atoms with E-state index in [-0.39, 0.29) is 18.2 Å². The van der Waals surface area contributed by atoms with E-state index in [0.717, 1.165) is 29.2 Å². The molecule has 3 unspecified atom stereocenters. The average molecular weight is 347 g/mol. The van der Waals surface area contributed by atoms with Crippen molar-refractivity contribution in [2.75, 3.05) is 6.54 Å². The van der Waals surface area contributed by atoms with Crippen molar-refractivity contribution >= 4 is 11.9 Å². The first kappa shape index (κ1) is 18.2. The monoisotopic (exact) mass is 347 g/mol. The molecule has 0 saturated carbocycles. The molecule has 1 heterocycles. The number of alkyl halides is 4. The van der Waals surface area contributed by atoms with Crippen molar-refractivity contribution in [3.05, 3.63) is 35.4 Å². The Morgan fingerprint density at radius 2 is 1.79 bits per heavy atom. The van der Waals surface area contributed by atoms with E-state index in [9.17, 15) is 27.2 Å². The number of carboxylic acids is 1. The van der Waals surface area contributed by atoms with Gasteiger partial charge in [-0.2, -0.15) is 13.2 Å². The number of hydrogen-bond acceptors (Lipinski definition) is 2. The third-order valence-electron chi connectivity index (χ3n) is 4.26. The summed E-state index contributed by atoms with van der Waals surface area (Å²) in [6.07, 6.45) is -5.83. The number of rotatable bonds is 3. The zero-order chi connectivity index (χ0) is 18.1. The molecule has 0 radical (unpaired) electrons. The molecule has 1 aromatic carbocycles. The third-order valence-corrected chi connectivity index (χ3v) is 4.26. The lowest BCUT2D eigenvalue weighted by Gasteiger charge is -2.37. The maximum atomic E-state index is 14.4. The number of likely N-dealkylation sites (tertiary alicyclic amines) is 1. The summed E-state index contributed by atoms with van der Waals surface area (Å²) in [6, 6.07) is 2.97. The molecule has 1 aromatic rings. The quantitative estimate of drug-likeness (QED) is 0.853. The highest BCUT2D eigenvalue weighted by Crippen LogP contribution is 2.32. The predicted molar refractivity (Wildman–Crippen MR) is 76.8 cm³/mol. The molecule has 3 atom stereocenters. The Morgan fingerprint density at radius 1 is 1.21 bits per heavy atom. The molecule has 24 heavy (non-hydrogen) atoms. The first-order valence-electron chi connectivity index (χ1n) is 7.45. The van der Waals surface area contributed by atoms with Gasteiger partial charge < -0.3 is 10.0 Å². The van der Waals surface area contributed by atoms with E-state index in [0.29, 0.717) is 12.8 Å². The molecule has 2 rings (SSSR count). The Hall–Kier alpha value is -2.12. The number of carbonyl (C=O) groups excluding carboxylic acids is 1. The SMILES string of the molecule is CC1CCC(C(=O)O)CN1C(=O)C(F)c1ccc(C(F)(F)F)cc1. The van der Waals surface area contributed by atoms with E-state index in [1.807, 2.05) is 0 Å². The van der Waals surface area contributed by atoms with Crippen LogP contribution in [-0.4, -0.2) is 34.5 Å². The van der Waals surface area contributed by atoms with E-state index in [4.69, 9.17) is 5.11 Å². The van der Waals surface area contributed by atoms with Gasteiger partial charge >= 0.3 is 12.1 Å². The Bertz CT molecular complexity index is 615. The zero-order valence-electron chi connectivity index (χ0n) is 12.9. The molecule has 4 nitrogen and oxygen atoms in total. The Labute approximate surface area is 136 Å². The van der Waals surface area contributed by atoms with Gasteiger partial charge in [0.25, 0.3) is 5.91 Å². The van der Waals surface area contributed by atoms with Crippen molar-refractivity contribution in [3.63, 3.8) is 0 Å². The van der Waals surface area contributed by atoms with Gasteiger partial charge in [-0.25, -0.2) is 4.39 Å². The van der Waals surface area contributed by atoms with E-state index in [1.165, 1.54) is 0 Å². The molecule has 132 valence electrons. The molecule has 8 heteroatoms. The van der Waals surface area contributed by atoms with Gasteiger partial charge in [0, 0.05) is 12.6 Å². The summed E-state index contributed by atoms with van der Waals surface area (Å²) in [6.45, 7) is 1.59. The fraction of sp³-hybridized carbons (Fsp3) is 0.500. The Balaban J connectivity index is 2.14. The lowest BCUT2D eigenvalue weighted by molar-refractivity contribution is -0.149. The van der Waals surface area contributed by atoms with E-state index in [2.05, 4.69) is 0 Å². The number of piperidine rings is 1. The number of aliphatic carboxylic acids is 1.